The third-order valence-corrected chi connectivity index (χ3v) is 8.43. The van der Waals surface area contributed by atoms with E-state index in [9.17, 15) is 14.7 Å². The van der Waals surface area contributed by atoms with Gasteiger partial charge in [0.25, 0.3) is 0 Å². The van der Waals surface area contributed by atoms with E-state index in [1.165, 1.54) is 35.1 Å². The number of nitrogens with one attached hydrogen (secondary N) is 1. The average Bonchev–Trinajstić information content (AvgIpc) is 3.24. The van der Waals surface area contributed by atoms with Crippen LogP contribution in [0.1, 0.15) is 21.9 Å². The number of imide groups is 1. The molecule has 3 aromatic rings. The van der Waals surface area contributed by atoms with E-state index in [-0.39, 0.29) is 23.5 Å². The fraction of sp³-hybridized carbons (Fsp3) is 0.227. The van der Waals surface area contributed by atoms with Crippen LogP contribution in [0.2, 0.25) is 0 Å². The molecular weight excluding hydrogens is 452 g/mol. The SMILES string of the molecule is COc1cc([C@H]2c3sc(=S)[nH]c3S[C@@H]3C(=O)N(c4ccc(C)cc4)C(=O)[C@H]23)ccc1O. The number of methoxy groups -OCH3 is 1. The van der Waals surface area contributed by atoms with Crippen LogP contribution in [0.4, 0.5) is 5.69 Å². The molecule has 6 nitrogen and oxygen atoms in total. The van der Waals surface area contributed by atoms with E-state index in [2.05, 4.69) is 4.98 Å². The number of phenols is 1. The van der Waals surface area contributed by atoms with Gasteiger partial charge in [0.05, 0.1) is 23.7 Å². The number of nitrogens with zero attached hydrogens (tertiary/aromatic N) is 1. The Morgan fingerprint density at radius 1 is 1.13 bits per heavy atom. The molecule has 2 amide bonds. The minimum absolute atomic E-state index is 0.0185. The Kier molecular flexibility index (Phi) is 4.91. The molecule has 9 heteroatoms. The van der Waals surface area contributed by atoms with Crippen molar-refractivity contribution in [3.05, 3.63) is 62.4 Å². The van der Waals surface area contributed by atoms with Crippen molar-refractivity contribution in [3.63, 3.8) is 0 Å². The molecular formula is C22H18N2O4S3. The van der Waals surface area contributed by atoms with Gasteiger partial charge >= 0.3 is 0 Å². The quantitative estimate of drug-likeness (QED) is 0.429. The summed E-state index contributed by atoms with van der Waals surface area (Å²) < 4.78 is 5.89. The summed E-state index contributed by atoms with van der Waals surface area (Å²) in [5, 5.41) is 10.3. The first-order chi connectivity index (χ1) is 14.9. The Hall–Kier alpha value is -2.62. The Morgan fingerprint density at radius 2 is 1.87 bits per heavy atom. The predicted octanol–water partition coefficient (Wildman–Crippen LogP) is 4.62. The van der Waals surface area contributed by atoms with Gasteiger partial charge in [0.15, 0.2) is 15.5 Å². The van der Waals surface area contributed by atoms with Crippen molar-refractivity contribution < 1.29 is 19.4 Å². The number of thioether (sulfide) groups is 1. The first-order valence-electron chi connectivity index (χ1n) is 9.60. The molecule has 31 heavy (non-hydrogen) atoms. The van der Waals surface area contributed by atoms with Crippen LogP contribution in [0.3, 0.4) is 0 Å². The smallest absolute Gasteiger partial charge is 0.248 e. The number of carbonyl (C=O) groups is 2. The minimum atomic E-state index is -0.581. The first-order valence-corrected chi connectivity index (χ1v) is 11.7. The van der Waals surface area contributed by atoms with Gasteiger partial charge in [0, 0.05) is 10.8 Å². The monoisotopic (exact) mass is 470 g/mol. The summed E-state index contributed by atoms with van der Waals surface area (Å²) in [6.45, 7) is 1.96. The lowest BCUT2D eigenvalue weighted by molar-refractivity contribution is -0.122. The number of hydrogen-bond donors (Lipinski definition) is 2. The van der Waals surface area contributed by atoms with Crippen LogP contribution in [0.5, 0.6) is 11.5 Å². The van der Waals surface area contributed by atoms with Crippen molar-refractivity contribution >= 4 is 52.8 Å². The Morgan fingerprint density at radius 3 is 2.58 bits per heavy atom. The Balaban J connectivity index is 1.66. The average molecular weight is 471 g/mol. The van der Waals surface area contributed by atoms with E-state index in [0.29, 0.717) is 15.4 Å². The van der Waals surface area contributed by atoms with Gasteiger partial charge in [0.2, 0.25) is 11.8 Å². The number of H-pyrrole nitrogens is 1. The van der Waals surface area contributed by atoms with E-state index >= 15 is 0 Å². The largest absolute Gasteiger partial charge is 0.504 e. The number of aromatic amines is 1. The van der Waals surface area contributed by atoms with Gasteiger partial charge in [-0.05, 0) is 49.0 Å². The molecule has 0 unspecified atom stereocenters. The third kappa shape index (κ3) is 3.19. The summed E-state index contributed by atoms with van der Waals surface area (Å²) in [4.78, 5) is 32.4. The number of aromatic nitrogens is 1. The predicted molar refractivity (Wildman–Crippen MR) is 123 cm³/mol. The highest BCUT2D eigenvalue weighted by molar-refractivity contribution is 8.01. The summed E-state index contributed by atoms with van der Waals surface area (Å²) in [5.74, 6) is -1.07. The van der Waals surface area contributed by atoms with Gasteiger partial charge in [-0.25, -0.2) is 4.90 Å². The summed E-state index contributed by atoms with van der Waals surface area (Å²) in [7, 11) is 1.48. The highest BCUT2D eigenvalue weighted by Crippen LogP contribution is 2.54. The van der Waals surface area contributed by atoms with Crippen LogP contribution in [-0.4, -0.2) is 34.3 Å². The van der Waals surface area contributed by atoms with Crippen molar-refractivity contribution in [3.8, 4) is 11.5 Å². The second-order valence-electron chi connectivity index (χ2n) is 7.53. The molecule has 5 rings (SSSR count). The molecule has 3 atom stereocenters. The summed E-state index contributed by atoms with van der Waals surface area (Å²) in [6, 6.07) is 12.4. The number of anilines is 1. The maximum Gasteiger partial charge on any atom is 0.248 e. The topological polar surface area (TPSA) is 82.6 Å². The van der Waals surface area contributed by atoms with Crippen molar-refractivity contribution in [1.82, 2.24) is 4.98 Å². The van der Waals surface area contributed by atoms with Gasteiger partial charge in [-0.15, -0.1) is 11.3 Å². The third-order valence-electron chi connectivity index (χ3n) is 5.68. The molecule has 3 heterocycles. The van der Waals surface area contributed by atoms with Gasteiger partial charge < -0.3 is 14.8 Å². The van der Waals surface area contributed by atoms with Crippen LogP contribution in [0.25, 0.3) is 0 Å². The molecule has 1 aromatic heterocycles. The van der Waals surface area contributed by atoms with E-state index in [0.717, 1.165) is 21.0 Å². The summed E-state index contributed by atoms with van der Waals surface area (Å²) in [5.41, 5.74) is 2.43. The number of aryl methyl sites for hydroxylation is 1. The van der Waals surface area contributed by atoms with E-state index in [1.54, 1.807) is 30.3 Å². The van der Waals surface area contributed by atoms with E-state index in [1.807, 2.05) is 19.1 Å². The second-order valence-corrected chi connectivity index (χ2v) is 10.4. The normalized spacial score (nSPS) is 22.4. The second kappa shape index (κ2) is 7.51. The molecule has 0 spiro atoms. The van der Waals surface area contributed by atoms with Crippen molar-refractivity contribution in [1.29, 1.82) is 0 Å². The number of thiazole rings is 1. The van der Waals surface area contributed by atoms with Crippen LogP contribution in [0, 0.1) is 16.8 Å². The first kappa shape index (κ1) is 20.3. The Labute approximate surface area is 191 Å². The van der Waals surface area contributed by atoms with Gasteiger partial charge in [-0.2, -0.15) is 0 Å². The number of aromatic hydroxyl groups is 1. The molecule has 0 aliphatic carbocycles. The van der Waals surface area contributed by atoms with Gasteiger partial charge in [0.1, 0.15) is 5.25 Å². The van der Waals surface area contributed by atoms with Crippen LogP contribution >= 0.6 is 35.3 Å². The number of rotatable bonds is 3. The fourth-order valence-electron chi connectivity index (χ4n) is 4.21. The zero-order valence-electron chi connectivity index (χ0n) is 16.6. The summed E-state index contributed by atoms with van der Waals surface area (Å²) in [6.07, 6.45) is 0. The molecule has 0 radical (unpaired) electrons. The number of amides is 2. The van der Waals surface area contributed by atoms with Crippen molar-refractivity contribution in [2.24, 2.45) is 5.92 Å². The lowest BCUT2D eigenvalue weighted by atomic mass is 9.83. The lowest BCUT2D eigenvalue weighted by Crippen LogP contribution is -2.32. The van der Waals surface area contributed by atoms with Gasteiger partial charge in [-0.1, -0.05) is 35.5 Å². The van der Waals surface area contributed by atoms with E-state index in [4.69, 9.17) is 17.0 Å². The highest BCUT2D eigenvalue weighted by atomic mass is 32.2. The van der Waals surface area contributed by atoms with Crippen LogP contribution in [0.15, 0.2) is 47.5 Å². The number of hydrogen-bond acceptors (Lipinski definition) is 7. The minimum Gasteiger partial charge on any atom is -0.504 e. The fourth-order valence-corrected chi connectivity index (χ4v) is 7.17. The number of carbonyl (C=O) groups excluding carboxylic acids is 2. The lowest BCUT2D eigenvalue weighted by Gasteiger charge is -2.30. The molecule has 2 aromatic carbocycles. The molecule has 1 saturated heterocycles. The molecule has 2 aliphatic rings. The number of phenolic OH excluding ortho intramolecular Hbond substituents is 1. The summed E-state index contributed by atoms with van der Waals surface area (Å²) >= 11 is 8.14. The van der Waals surface area contributed by atoms with Crippen LogP contribution in [-0.2, 0) is 9.59 Å². The maximum atomic E-state index is 13.6. The Bertz CT molecular complexity index is 1260. The number of benzene rings is 2. The van der Waals surface area contributed by atoms with Crippen LogP contribution < -0.4 is 9.64 Å². The molecule has 1 fully saturated rings. The van der Waals surface area contributed by atoms with Gasteiger partial charge in [-0.3, -0.25) is 9.59 Å². The number of ether oxygens (including phenoxy) is 1. The molecule has 158 valence electrons. The maximum absolute atomic E-state index is 13.6. The number of fused-ring (bicyclic) bond motifs is 2. The van der Waals surface area contributed by atoms with Crippen molar-refractivity contribution in [2.75, 3.05) is 12.0 Å². The highest BCUT2D eigenvalue weighted by Gasteiger charge is 2.56. The molecule has 2 N–H and O–H groups in total. The van der Waals surface area contributed by atoms with Crippen molar-refractivity contribution in [2.45, 2.75) is 23.1 Å². The zero-order chi connectivity index (χ0) is 21.9. The zero-order valence-corrected chi connectivity index (χ0v) is 19.1. The molecule has 0 saturated carbocycles. The standard InChI is InChI=1S/C22H18N2O4S3/c1-10-3-6-12(7-4-10)24-20(26)16-15(11-5-8-13(25)14(9-11)28-2)17-19(23-22(29)31-17)30-18(16)21(24)27/h3-9,15-16,18,25H,1-2H3,(H,23,29)/t15-,16-,18+/m1/s1. The molecule has 2 aliphatic heterocycles. The van der Waals surface area contributed by atoms with E-state index < -0.39 is 11.2 Å². The molecule has 0 bridgehead atoms.